The molecule has 1 aromatic carbocycles. The second kappa shape index (κ2) is 7.54. The lowest BCUT2D eigenvalue weighted by Gasteiger charge is -2.21. The largest absolute Gasteiger partial charge is 0.457 e. The highest BCUT2D eigenvalue weighted by Gasteiger charge is 2.34. The molecule has 0 saturated carbocycles. The molecule has 1 amide bonds. The molecule has 1 aromatic heterocycles. The van der Waals surface area contributed by atoms with Gasteiger partial charge in [0.15, 0.2) is 0 Å². The number of benzene rings is 1. The molecule has 0 bridgehead atoms. The van der Waals surface area contributed by atoms with E-state index in [1.165, 1.54) is 11.8 Å². The van der Waals surface area contributed by atoms with Crippen LogP contribution in [0.3, 0.4) is 0 Å². The first-order valence-electron chi connectivity index (χ1n) is 7.73. The number of amides is 1. The molecule has 0 N–H and O–H groups in total. The Kier molecular flexibility index (Phi) is 5.58. The van der Waals surface area contributed by atoms with E-state index < -0.39 is 0 Å². The normalized spacial score (nSPS) is 17.6. The van der Waals surface area contributed by atoms with Gasteiger partial charge in [0.1, 0.15) is 15.8 Å². The number of rotatable bonds is 4. The molecular weight excluding hydrogens is 397 g/mol. The van der Waals surface area contributed by atoms with Crippen LogP contribution < -0.4 is 0 Å². The van der Waals surface area contributed by atoms with Crippen LogP contribution in [0, 0.1) is 0 Å². The van der Waals surface area contributed by atoms with Crippen molar-refractivity contribution in [3.05, 3.63) is 51.0 Å². The van der Waals surface area contributed by atoms with Crippen LogP contribution in [0.5, 0.6) is 0 Å². The molecule has 2 aromatic rings. The second-order valence-electron chi connectivity index (χ2n) is 5.64. The minimum absolute atomic E-state index is 0.0724. The maximum Gasteiger partial charge on any atom is 0.266 e. The van der Waals surface area contributed by atoms with Gasteiger partial charge >= 0.3 is 0 Å². The number of halogens is 2. The molecule has 7 heteroatoms. The fourth-order valence-corrected chi connectivity index (χ4v) is 4.15. The number of hydrogen-bond donors (Lipinski definition) is 0. The van der Waals surface area contributed by atoms with Gasteiger partial charge in [0, 0.05) is 17.7 Å². The summed E-state index contributed by atoms with van der Waals surface area (Å²) >= 11 is 18.6. The number of carbonyl (C=O) groups is 1. The lowest BCUT2D eigenvalue weighted by atomic mass is 10.2. The monoisotopic (exact) mass is 411 g/mol. The minimum Gasteiger partial charge on any atom is -0.457 e. The van der Waals surface area contributed by atoms with E-state index >= 15 is 0 Å². The van der Waals surface area contributed by atoms with E-state index in [9.17, 15) is 4.79 Å². The van der Waals surface area contributed by atoms with Gasteiger partial charge in [0.05, 0.1) is 15.0 Å². The zero-order valence-corrected chi connectivity index (χ0v) is 16.7. The molecule has 0 aliphatic carbocycles. The van der Waals surface area contributed by atoms with E-state index in [0.717, 1.165) is 12.0 Å². The molecule has 0 unspecified atom stereocenters. The third-order valence-electron chi connectivity index (χ3n) is 3.96. The van der Waals surface area contributed by atoms with E-state index in [-0.39, 0.29) is 11.9 Å². The number of nitrogens with zero attached hydrogens (tertiary/aromatic N) is 1. The Morgan fingerprint density at radius 2 is 2.04 bits per heavy atom. The highest BCUT2D eigenvalue weighted by molar-refractivity contribution is 8.26. The first kappa shape index (κ1) is 18.5. The molecule has 3 nitrogen and oxygen atoms in total. The fourth-order valence-electron chi connectivity index (χ4n) is 2.41. The molecule has 1 aliphatic heterocycles. The predicted octanol–water partition coefficient (Wildman–Crippen LogP) is 6.25. The van der Waals surface area contributed by atoms with Gasteiger partial charge < -0.3 is 4.42 Å². The smallest absolute Gasteiger partial charge is 0.266 e. The van der Waals surface area contributed by atoms with Gasteiger partial charge in [-0.05, 0) is 43.7 Å². The molecule has 1 saturated heterocycles. The predicted molar refractivity (Wildman–Crippen MR) is 109 cm³/mol. The van der Waals surface area contributed by atoms with Crippen molar-refractivity contribution in [3.63, 3.8) is 0 Å². The summed E-state index contributed by atoms with van der Waals surface area (Å²) in [6, 6.07) is 9.03. The average Bonchev–Trinajstić information content (AvgIpc) is 3.15. The Balaban J connectivity index is 1.86. The van der Waals surface area contributed by atoms with Crippen molar-refractivity contribution in [2.45, 2.75) is 26.3 Å². The van der Waals surface area contributed by atoms with E-state index in [2.05, 4.69) is 0 Å². The number of carbonyl (C=O) groups excluding carboxylic acids is 1. The summed E-state index contributed by atoms with van der Waals surface area (Å²) in [7, 11) is 0. The standard InChI is InChI=1S/C18H15Cl2NO2S2/c1-3-10(2)21-17(22)16(25-18(21)24)9-12-5-7-15(23-12)11-4-6-13(19)14(20)8-11/h4-10H,3H2,1-2H3/b16-9+/t10-/m0/s1. The van der Waals surface area contributed by atoms with Crippen LogP contribution in [0.25, 0.3) is 17.4 Å². The van der Waals surface area contributed by atoms with Crippen molar-refractivity contribution in [3.8, 4) is 11.3 Å². The van der Waals surface area contributed by atoms with Gasteiger partial charge in [0.25, 0.3) is 5.91 Å². The molecular formula is C18H15Cl2NO2S2. The van der Waals surface area contributed by atoms with Crippen molar-refractivity contribution in [1.29, 1.82) is 0 Å². The van der Waals surface area contributed by atoms with Gasteiger partial charge in [0.2, 0.25) is 0 Å². The van der Waals surface area contributed by atoms with E-state index in [1.54, 1.807) is 23.1 Å². The molecule has 0 spiro atoms. The maximum atomic E-state index is 12.6. The average molecular weight is 412 g/mol. The van der Waals surface area contributed by atoms with Crippen LogP contribution in [0.4, 0.5) is 0 Å². The third kappa shape index (κ3) is 3.80. The maximum absolute atomic E-state index is 12.6. The number of furan rings is 1. The molecule has 2 heterocycles. The Bertz CT molecular complexity index is 876. The van der Waals surface area contributed by atoms with Crippen LogP contribution in [0.2, 0.25) is 10.0 Å². The lowest BCUT2D eigenvalue weighted by molar-refractivity contribution is -0.123. The van der Waals surface area contributed by atoms with E-state index in [0.29, 0.717) is 30.8 Å². The lowest BCUT2D eigenvalue weighted by Crippen LogP contribution is -2.36. The van der Waals surface area contributed by atoms with Crippen molar-refractivity contribution in [1.82, 2.24) is 4.90 Å². The third-order valence-corrected chi connectivity index (χ3v) is 6.03. The van der Waals surface area contributed by atoms with Crippen molar-refractivity contribution in [2.75, 3.05) is 0 Å². The summed E-state index contributed by atoms with van der Waals surface area (Å²) in [5, 5.41) is 0.956. The van der Waals surface area contributed by atoms with E-state index in [1.807, 2.05) is 32.0 Å². The SMILES string of the molecule is CC[C@H](C)N1C(=O)/C(=C\c2ccc(-c3ccc(Cl)c(Cl)c3)o2)SC1=S. The number of hydrogen-bond acceptors (Lipinski definition) is 4. The quantitative estimate of drug-likeness (QED) is 0.439. The Morgan fingerprint density at radius 1 is 1.28 bits per heavy atom. The summed E-state index contributed by atoms with van der Waals surface area (Å²) in [6.45, 7) is 4.02. The fraction of sp³-hybridized carbons (Fsp3) is 0.222. The van der Waals surface area contributed by atoms with Gasteiger partial charge in [-0.3, -0.25) is 9.69 Å². The highest BCUT2D eigenvalue weighted by Crippen LogP contribution is 2.35. The molecule has 25 heavy (non-hydrogen) atoms. The first-order valence-corrected chi connectivity index (χ1v) is 9.71. The molecule has 1 fully saturated rings. The molecule has 3 rings (SSSR count). The van der Waals surface area contributed by atoms with Gasteiger partial charge in [-0.15, -0.1) is 0 Å². The number of thioether (sulfide) groups is 1. The zero-order valence-electron chi connectivity index (χ0n) is 13.6. The summed E-state index contributed by atoms with van der Waals surface area (Å²) < 4.78 is 6.41. The second-order valence-corrected chi connectivity index (χ2v) is 8.13. The van der Waals surface area contributed by atoms with Crippen LogP contribution in [0.15, 0.2) is 39.7 Å². The van der Waals surface area contributed by atoms with Crippen molar-refractivity contribution >= 4 is 63.5 Å². The summed E-state index contributed by atoms with van der Waals surface area (Å²) in [4.78, 5) is 14.8. The van der Waals surface area contributed by atoms with E-state index in [4.69, 9.17) is 39.8 Å². The van der Waals surface area contributed by atoms with Crippen LogP contribution in [-0.4, -0.2) is 21.2 Å². The zero-order chi connectivity index (χ0) is 18.1. The Hall–Kier alpha value is -1.27. The van der Waals surface area contributed by atoms with Gasteiger partial charge in [-0.2, -0.15) is 0 Å². The topological polar surface area (TPSA) is 33.5 Å². The molecule has 130 valence electrons. The Morgan fingerprint density at radius 3 is 2.72 bits per heavy atom. The van der Waals surface area contributed by atoms with Crippen molar-refractivity contribution < 1.29 is 9.21 Å². The molecule has 1 atom stereocenters. The van der Waals surface area contributed by atoms with Crippen LogP contribution in [-0.2, 0) is 4.79 Å². The van der Waals surface area contributed by atoms with Crippen LogP contribution in [0.1, 0.15) is 26.0 Å². The molecule has 0 radical (unpaired) electrons. The summed E-state index contributed by atoms with van der Waals surface area (Å²) in [5.74, 6) is 1.17. The van der Waals surface area contributed by atoms with Crippen molar-refractivity contribution in [2.24, 2.45) is 0 Å². The number of thiocarbonyl (C=S) groups is 1. The minimum atomic E-state index is -0.0724. The van der Waals surface area contributed by atoms with Gasteiger partial charge in [-0.25, -0.2) is 0 Å². The highest BCUT2D eigenvalue weighted by atomic mass is 35.5. The Labute approximate surface area is 166 Å². The summed E-state index contributed by atoms with van der Waals surface area (Å²) in [5.41, 5.74) is 0.821. The summed E-state index contributed by atoms with van der Waals surface area (Å²) in [6.07, 6.45) is 2.57. The van der Waals surface area contributed by atoms with Gasteiger partial charge in [-0.1, -0.05) is 54.1 Å². The van der Waals surface area contributed by atoms with Crippen LogP contribution >= 0.6 is 47.2 Å². The first-order chi connectivity index (χ1) is 11.9. The molecule has 1 aliphatic rings.